The van der Waals surface area contributed by atoms with Crippen LogP contribution in [-0.4, -0.2) is 36.6 Å². The molecule has 0 amide bonds. The molecule has 0 aromatic heterocycles. The first kappa shape index (κ1) is 61.6. The maximum absolute atomic E-state index is 6.30. The minimum Gasteiger partial charge on any atom is -0.399 e. The van der Waals surface area contributed by atoms with E-state index in [4.69, 9.17) is 18.6 Å². The molecule has 0 bridgehead atoms. The van der Waals surface area contributed by atoms with Gasteiger partial charge in [-0.05, 0) is 224 Å². The molecule has 9 rings (SSSR count). The van der Waals surface area contributed by atoms with Crippen LogP contribution >= 0.6 is 63.7 Å². The Morgan fingerprint density at radius 2 is 0.538 bits per heavy atom. The Morgan fingerprint density at radius 1 is 0.308 bits per heavy atom. The summed E-state index contributed by atoms with van der Waals surface area (Å²) < 4.78 is 29.6. The molecular formula is C66H78B2Br4N2O4. The summed E-state index contributed by atoms with van der Waals surface area (Å²) in [6.07, 6.45) is 13.0. The Kier molecular flexibility index (Phi) is 22.2. The first-order chi connectivity index (χ1) is 37.2. The smallest absolute Gasteiger partial charge is 0.399 e. The maximum Gasteiger partial charge on any atom is 0.494 e. The molecule has 410 valence electrons. The van der Waals surface area contributed by atoms with Crippen molar-refractivity contribution in [2.45, 2.75) is 156 Å². The topological polar surface area (TPSA) is 43.4 Å². The van der Waals surface area contributed by atoms with Gasteiger partial charge < -0.3 is 28.4 Å². The summed E-state index contributed by atoms with van der Waals surface area (Å²) in [5, 5.41) is 0. The monoisotopic (exact) mass is 1300 g/mol. The van der Waals surface area contributed by atoms with E-state index in [0.717, 1.165) is 64.9 Å². The van der Waals surface area contributed by atoms with Gasteiger partial charge in [0.2, 0.25) is 0 Å². The minimum atomic E-state index is -0.389. The lowest BCUT2D eigenvalue weighted by molar-refractivity contribution is 0.00578. The molecule has 7 aromatic rings. The Labute approximate surface area is 502 Å². The van der Waals surface area contributed by atoms with Gasteiger partial charge in [-0.1, -0.05) is 165 Å². The number of hydrogen-bond acceptors (Lipinski definition) is 6. The fourth-order valence-corrected chi connectivity index (χ4v) is 10.2. The van der Waals surface area contributed by atoms with Crippen LogP contribution < -0.4 is 20.7 Å². The van der Waals surface area contributed by atoms with Crippen LogP contribution in [0.5, 0.6) is 0 Å². The third kappa shape index (κ3) is 16.6. The SMILES string of the molecule is Brc1ccc(N(c2ccc(Br)cc2)c2ccc(Br)cc2)cc1.CCCCCCCCc1ccc(Br)cc1.CCCCc1ccc(N(c2ccc(B3OC(C)(C)C(C)(C)O3)cc2)c2ccc(B3OC(C)(C)C(C)(C)O3)cc2)cc1. The molecule has 0 atom stereocenters. The van der Waals surface area contributed by atoms with E-state index in [1.165, 1.54) is 73.4 Å². The minimum absolute atomic E-state index is 0.374. The Bertz CT molecular complexity index is 2700. The normalized spacial score (nSPS) is 15.7. The van der Waals surface area contributed by atoms with Crippen LogP contribution in [0.1, 0.15) is 132 Å². The number of rotatable bonds is 18. The summed E-state index contributed by atoms with van der Waals surface area (Å²) in [5.41, 5.74) is 9.95. The fraction of sp³-hybridized carbons (Fsp3) is 0.364. The molecular weight excluding hydrogens is 1230 g/mol. The molecule has 12 heteroatoms. The summed E-state index contributed by atoms with van der Waals surface area (Å²) in [6, 6.07) is 59.6. The van der Waals surface area contributed by atoms with Gasteiger partial charge in [0.1, 0.15) is 0 Å². The molecule has 2 saturated heterocycles. The highest BCUT2D eigenvalue weighted by Crippen LogP contribution is 2.40. The van der Waals surface area contributed by atoms with E-state index in [9.17, 15) is 0 Å². The van der Waals surface area contributed by atoms with Crippen molar-refractivity contribution in [1.82, 2.24) is 0 Å². The van der Waals surface area contributed by atoms with Gasteiger partial charge in [-0.25, -0.2) is 0 Å². The second kappa shape index (κ2) is 28.1. The van der Waals surface area contributed by atoms with Crippen LogP contribution in [0, 0.1) is 0 Å². The highest BCUT2D eigenvalue weighted by molar-refractivity contribution is 9.11. The van der Waals surface area contributed by atoms with E-state index >= 15 is 0 Å². The third-order valence-electron chi connectivity index (χ3n) is 15.4. The van der Waals surface area contributed by atoms with E-state index in [0.29, 0.717) is 0 Å². The Balaban J connectivity index is 0.000000198. The van der Waals surface area contributed by atoms with Crippen molar-refractivity contribution in [1.29, 1.82) is 0 Å². The lowest BCUT2D eigenvalue weighted by Gasteiger charge is -2.32. The van der Waals surface area contributed by atoms with Crippen molar-refractivity contribution in [3.05, 3.63) is 199 Å². The number of aryl methyl sites for hydroxylation is 2. The zero-order valence-corrected chi connectivity index (χ0v) is 53.8. The van der Waals surface area contributed by atoms with E-state index in [1.54, 1.807) is 0 Å². The van der Waals surface area contributed by atoms with Crippen molar-refractivity contribution in [3.8, 4) is 0 Å². The standard InChI is InChI=1S/C34H45B2NO4.C18H12Br3N.C14H21Br/c1-10-11-12-25-13-19-28(20-14-25)37(29-21-15-26(16-22-29)35-38-31(2,3)32(4,5)39-35)30-23-17-27(18-24-30)36-40-33(6,7)34(8,9)41-36;19-13-1-7-16(8-2-13)22(17-9-3-14(20)4-10-17)18-11-5-15(21)6-12-18;1-2-3-4-5-6-7-8-13-9-11-14(15)12-10-13/h13-24H,10-12H2,1-9H3;1-12H;9-12H,2-8H2,1H3. The van der Waals surface area contributed by atoms with Gasteiger partial charge in [0.05, 0.1) is 22.4 Å². The lowest BCUT2D eigenvalue weighted by atomic mass is 9.79. The summed E-state index contributed by atoms with van der Waals surface area (Å²) in [6.45, 7) is 21.2. The van der Waals surface area contributed by atoms with Crippen LogP contribution in [0.3, 0.4) is 0 Å². The molecule has 2 aliphatic rings. The molecule has 2 fully saturated rings. The average molecular weight is 1300 g/mol. The van der Waals surface area contributed by atoms with Crippen LogP contribution in [-0.2, 0) is 31.5 Å². The zero-order valence-electron chi connectivity index (χ0n) is 47.4. The molecule has 2 aliphatic heterocycles. The number of nitrogens with zero attached hydrogens (tertiary/aromatic N) is 2. The fourth-order valence-electron chi connectivity index (χ4n) is 9.14. The van der Waals surface area contributed by atoms with Crippen LogP contribution in [0.15, 0.2) is 188 Å². The zero-order chi connectivity index (χ0) is 56.1. The highest BCUT2D eigenvalue weighted by Gasteiger charge is 2.52. The number of benzene rings is 7. The van der Waals surface area contributed by atoms with Gasteiger partial charge in [-0.2, -0.15) is 0 Å². The van der Waals surface area contributed by atoms with Gasteiger partial charge in [0, 0.05) is 52.0 Å². The molecule has 0 spiro atoms. The number of unbranched alkanes of at least 4 members (excludes halogenated alkanes) is 6. The molecule has 6 nitrogen and oxygen atoms in total. The predicted molar refractivity (Wildman–Crippen MR) is 347 cm³/mol. The number of hydrogen-bond donors (Lipinski definition) is 0. The quantitative estimate of drug-likeness (QED) is 0.0630. The average Bonchev–Trinajstić information content (AvgIpc) is 3.89. The summed E-state index contributed by atoms with van der Waals surface area (Å²) >= 11 is 13.9. The number of halogens is 4. The third-order valence-corrected chi connectivity index (χ3v) is 17.5. The van der Waals surface area contributed by atoms with Crippen LogP contribution in [0.4, 0.5) is 34.1 Å². The van der Waals surface area contributed by atoms with Crippen molar-refractivity contribution < 1.29 is 18.6 Å². The predicted octanol–water partition coefficient (Wildman–Crippen LogP) is 19.9. The van der Waals surface area contributed by atoms with E-state index < -0.39 is 0 Å². The van der Waals surface area contributed by atoms with Gasteiger partial charge in [0.15, 0.2) is 0 Å². The molecule has 2 heterocycles. The van der Waals surface area contributed by atoms with Crippen LogP contribution in [0.2, 0.25) is 0 Å². The first-order valence-electron chi connectivity index (χ1n) is 27.8. The Morgan fingerprint density at radius 3 is 0.846 bits per heavy atom. The van der Waals surface area contributed by atoms with E-state index in [2.05, 4.69) is 313 Å². The lowest BCUT2D eigenvalue weighted by Crippen LogP contribution is -2.41. The number of anilines is 6. The van der Waals surface area contributed by atoms with Crippen molar-refractivity contribution in [2.24, 2.45) is 0 Å². The molecule has 0 saturated carbocycles. The van der Waals surface area contributed by atoms with Crippen molar-refractivity contribution >= 4 is 123 Å². The summed E-state index contributed by atoms with van der Waals surface area (Å²) in [4.78, 5) is 4.51. The maximum atomic E-state index is 6.30. The molecule has 0 aliphatic carbocycles. The summed E-state index contributed by atoms with van der Waals surface area (Å²) in [7, 11) is -0.779. The summed E-state index contributed by atoms with van der Waals surface area (Å²) in [5.74, 6) is 0. The van der Waals surface area contributed by atoms with Gasteiger partial charge >= 0.3 is 14.2 Å². The van der Waals surface area contributed by atoms with Crippen molar-refractivity contribution in [2.75, 3.05) is 9.80 Å². The second-order valence-electron chi connectivity index (χ2n) is 22.4. The van der Waals surface area contributed by atoms with Crippen LogP contribution in [0.25, 0.3) is 0 Å². The molecule has 78 heavy (non-hydrogen) atoms. The van der Waals surface area contributed by atoms with E-state index in [1.807, 2.05) is 0 Å². The molecule has 0 N–H and O–H groups in total. The largest absolute Gasteiger partial charge is 0.494 e. The van der Waals surface area contributed by atoms with Gasteiger partial charge in [-0.3, -0.25) is 0 Å². The second-order valence-corrected chi connectivity index (χ2v) is 26.0. The highest BCUT2D eigenvalue weighted by atomic mass is 79.9. The molecule has 7 aromatic carbocycles. The molecule has 0 unspecified atom stereocenters. The van der Waals surface area contributed by atoms with Gasteiger partial charge in [0.25, 0.3) is 0 Å². The first-order valence-corrected chi connectivity index (χ1v) is 31.0. The van der Waals surface area contributed by atoms with Gasteiger partial charge in [-0.15, -0.1) is 0 Å². The molecule has 0 radical (unpaired) electrons. The van der Waals surface area contributed by atoms with Crippen molar-refractivity contribution in [3.63, 3.8) is 0 Å². The Hall–Kier alpha value is -3.97. The van der Waals surface area contributed by atoms with E-state index in [-0.39, 0.29) is 36.6 Å².